The third-order valence-corrected chi connectivity index (χ3v) is 6.89. The fraction of sp³-hybridized carbons (Fsp3) is 0.333. The second kappa shape index (κ2) is 10.5. The Morgan fingerprint density at radius 2 is 1.82 bits per heavy atom. The number of nitrogens with one attached hydrogen (secondary N) is 1. The zero-order valence-electron chi connectivity index (χ0n) is 18.7. The lowest BCUT2D eigenvalue weighted by molar-refractivity contribution is -0.136. The normalized spacial score (nSPS) is 12.6. The molecule has 3 aromatic rings. The zero-order chi connectivity index (χ0) is 24.2. The number of fused-ring (bicyclic) bond motifs is 1. The van der Waals surface area contributed by atoms with E-state index >= 15 is 0 Å². The van der Waals surface area contributed by atoms with E-state index in [1.54, 1.807) is 18.2 Å². The van der Waals surface area contributed by atoms with Gasteiger partial charge < -0.3 is 9.15 Å². The number of carbonyl (C=O) groups is 1. The van der Waals surface area contributed by atoms with Crippen molar-refractivity contribution >= 4 is 38.6 Å². The Bertz CT molecular complexity index is 1320. The molecule has 0 aliphatic heterocycles. The van der Waals surface area contributed by atoms with Gasteiger partial charge in [-0.2, -0.15) is 4.72 Å². The highest BCUT2D eigenvalue weighted by molar-refractivity contribution is 7.89. The lowest BCUT2D eigenvalue weighted by atomic mass is 10.1. The molecule has 0 aliphatic rings. The van der Waals surface area contributed by atoms with E-state index in [2.05, 4.69) is 4.72 Å². The number of hydrogen-bond acceptors (Lipinski definition) is 6. The minimum absolute atomic E-state index is 0.0124. The third kappa shape index (κ3) is 6.01. The SMILES string of the molecule is CCCc1cc(=O)oc2cc(OC(=O)C(CCC)NS(=O)(=O)c3ccc(C)cc3)c(Cl)cc12. The molecule has 0 aliphatic carbocycles. The number of esters is 1. The molecule has 33 heavy (non-hydrogen) atoms. The van der Waals surface area contributed by atoms with Crippen LogP contribution in [-0.2, 0) is 21.2 Å². The Kier molecular flexibility index (Phi) is 7.94. The summed E-state index contributed by atoms with van der Waals surface area (Å²) in [7, 11) is -3.94. The molecule has 1 unspecified atom stereocenters. The maximum absolute atomic E-state index is 12.9. The van der Waals surface area contributed by atoms with E-state index in [4.69, 9.17) is 20.8 Å². The highest BCUT2D eigenvalue weighted by Crippen LogP contribution is 2.32. The quantitative estimate of drug-likeness (QED) is 0.263. The predicted octanol–water partition coefficient (Wildman–Crippen LogP) is 4.76. The minimum Gasteiger partial charge on any atom is -0.424 e. The molecule has 3 rings (SSSR count). The zero-order valence-corrected chi connectivity index (χ0v) is 20.3. The van der Waals surface area contributed by atoms with Gasteiger partial charge in [-0.3, -0.25) is 0 Å². The van der Waals surface area contributed by atoms with Crippen molar-refractivity contribution in [3.63, 3.8) is 0 Å². The van der Waals surface area contributed by atoms with Crippen LogP contribution in [0.2, 0.25) is 5.02 Å². The van der Waals surface area contributed by atoms with Gasteiger partial charge in [-0.25, -0.2) is 18.0 Å². The van der Waals surface area contributed by atoms with E-state index in [9.17, 15) is 18.0 Å². The maximum atomic E-state index is 12.9. The Morgan fingerprint density at radius 1 is 1.12 bits per heavy atom. The summed E-state index contributed by atoms with van der Waals surface area (Å²) in [4.78, 5) is 24.9. The van der Waals surface area contributed by atoms with Gasteiger partial charge in [0.2, 0.25) is 10.0 Å². The summed E-state index contributed by atoms with van der Waals surface area (Å²) in [5.41, 5.74) is 1.43. The molecule has 0 saturated carbocycles. The molecule has 1 atom stereocenters. The van der Waals surface area contributed by atoms with Crippen molar-refractivity contribution < 1.29 is 22.4 Å². The number of rotatable bonds is 9. The van der Waals surface area contributed by atoms with Crippen LogP contribution in [0.3, 0.4) is 0 Å². The van der Waals surface area contributed by atoms with Crippen molar-refractivity contribution in [1.29, 1.82) is 0 Å². The fourth-order valence-corrected chi connectivity index (χ4v) is 4.87. The summed E-state index contributed by atoms with van der Waals surface area (Å²) in [6.07, 6.45) is 2.26. The smallest absolute Gasteiger partial charge is 0.336 e. The number of sulfonamides is 1. The van der Waals surface area contributed by atoms with Gasteiger partial charge in [-0.1, -0.05) is 56.0 Å². The molecule has 0 radical (unpaired) electrons. The van der Waals surface area contributed by atoms with Crippen LogP contribution in [0.15, 0.2) is 56.6 Å². The summed E-state index contributed by atoms with van der Waals surface area (Å²) < 4.78 is 38.7. The fourth-order valence-electron chi connectivity index (χ4n) is 3.45. The van der Waals surface area contributed by atoms with Gasteiger partial charge in [-0.15, -0.1) is 0 Å². The Hall–Kier alpha value is -2.68. The predicted molar refractivity (Wildman–Crippen MR) is 127 cm³/mol. The third-order valence-electron chi connectivity index (χ3n) is 5.10. The molecule has 0 spiro atoms. The lowest BCUT2D eigenvalue weighted by Gasteiger charge is -2.18. The van der Waals surface area contributed by atoms with Crippen LogP contribution >= 0.6 is 11.6 Å². The number of halogens is 1. The number of ether oxygens (including phenoxy) is 1. The minimum atomic E-state index is -3.94. The van der Waals surface area contributed by atoms with Crippen LogP contribution in [0, 0.1) is 6.92 Å². The highest BCUT2D eigenvalue weighted by atomic mass is 35.5. The summed E-state index contributed by atoms with van der Waals surface area (Å²) in [6, 6.07) is 9.57. The monoisotopic (exact) mass is 491 g/mol. The molecular weight excluding hydrogens is 466 g/mol. The van der Waals surface area contributed by atoms with E-state index < -0.39 is 27.7 Å². The highest BCUT2D eigenvalue weighted by Gasteiger charge is 2.27. The molecule has 0 bridgehead atoms. The van der Waals surface area contributed by atoms with Crippen LogP contribution in [-0.4, -0.2) is 20.4 Å². The second-order valence-corrected chi connectivity index (χ2v) is 9.94. The van der Waals surface area contributed by atoms with Crippen LogP contribution in [0.25, 0.3) is 11.0 Å². The molecule has 0 saturated heterocycles. The molecule has 176 valence electrons. The van der Waals surface area contributed by atoms with E-state index in [1.807, 2.05) is 20.8 Å². The van der Waals surface area contributed by atoms with Gasteiger partial charge in [0.25, 0.3) is 0 Å². The molecule has 1 heterocycles. The van der Waals surface area contributed by atoms with E-state index in [0.29, 0.717) is 18.2 Å². The number of carbonyl (C=O) groups excluding carboxylic acids is 1. The topological polar surface area (TPSA) is 103 Å². The number of hydrogen-bond donors (Lipinski definition) is 1. The Balaban J connectivity index is 1.89. The summed E-state index contributed by atoms with van der Waals surface area (Å²) in [5, 5.41) is 0.810. The second-order valence-electron chi connectivity index (χ2n) is 7.82. The first kappa shape index (κ1) is 25.0. The molecule has 2 aromatic carbocycles. The first-order valence-electron chi connectivity index (χ1n) is 10.7. The van der Waals surface area contributed by atoms with Gasteiger partial charge in [0.15, 0.2) is 5.75 Å². The van der Waals surface area contributed by atoms with E-state index in [1.165, 1.54) is 24.3 Å². The van der Waals surface area contributed by atoms with Gasteiger partial charge in [0, 0.05) is 17.5 Å². The van der Waals surface area contributed by atoms with E-state index in [-0.39, 0.29) is 27.7 Å². The van der Waals surface area contributed by atoms with Crippen LogP contribution in [0.1, 0.15) is 44.2 Å². The molecule has 9 heteroatoms. The molecule has 0 amide bonds. The number of benzene rings is 2. The Labute approximate surface area is 197 Å². The van der Waals surface area contributed by atoms with Crippen LogP contribution in [0.4, 0.5) is 0 Å². The van der Waals surface area contributed by atoms with Crippen molar-refractivity contribution in [2.45, 2.75) is 57.4 Å². The summed E-state index contributed by atoms with van der Waals surface area (Å²) in [6.45, 7) is 5.67. The van der Waals surface area contributed by atoms with Gasteiger partial charge in [-0.05, 0) is 43.5 Å². The molecule has 7 nitrogen and oxygen atoms in total. The van der Waals surface area contributed by atoms with Crippen molar-refractivity contribution in [2.24, 2.45) is 0 Å². The van der Waals surface area contributed by atoms with Gasteiger partial charge in [0.1, 0.15) is 11.6 Å². The van der Waals surface area contributed by atoms with Crippen molar-refractivity contribution in [1.82, 2.24) is 4.72 Å². The van der Waals surface area contributed by atoms with Gasteiger partial charge >= 0.3 is 11.6 Å². The van der Waals surface area contributed by atoms with E-state index in [0.717, 1.165) is 17.5 Å². The van der Waals surface area contributed by atoms with Crippen molar-refractivity contribution in [3.8, 4) is 5.75 Å². The van der Waals surface area contributed by atoms with Crippen LogP contribution < -0.4 is 15.1 Å². The standard InChI is InChI=1S/C24H26ClNO6S/c1-4-6-16-12-23(27)31-21-14-22(19(25)13-18(16)21)32-24(28)20(7-5-2)26-33(29,30)17-10-8-15(3)9-11-17/h8-14,20,26H,4-7H2,1-3H3. The molecular formula is C24H26ClNO6S. The molecule has 1 aromatic heterocycles. The van der Waals surface area contributed by atoms with Crippen LogP contribution in [0.5, 0.6) is 5.75 Å². The Morgan fingerprint density at radius 3 is 2.45 bits per heavy atom. The van der Waals surface area contributed by atoms with Crippen molar-refractivity contribution in [2.75, 3.05) is 0 Å². The molecule has 0 fully saturated rings. The average molecular weight is 492 g/mol. The first-order chi connectivity index (χ1) is 15.6. The average Bonchev–Trinajstić information content (AvgIpc) is 2.75. The first-order valence-corrected chi connectivity index (χ1v) is 12.6. The molecule has 1 N–H and O–H groups in total. The largest absolute Gasteiger partial charge is 0.424 e. The maximum Gasteiger partial charge on any atom is 0.336 e. The lowest BCUT2D eigenvalue weighted by Crippen LogP contribution is -2.42. The summed E-state index contributed by atoms with van der Waals surface area (Å²) >= 11 is 6.35. The summed E-state index contributed by atoms with van der Waals surface area (Å²) in [5.74, 6) is -0.817. The number of aryl methyl sites for hydroxylation is 2. The van der Waals surface area contributed by atoms with Gasteiger partial charge in [0.05, 0.1) is 9.92 Å². The van der Waals surface area contributed by atoms with Crippen molar-refractivity contribution in [3.05, 3.63) is 69.0 Å².